The number of thiazole rings is 1. The molecule has 2 aromatic heterocycles. The van der Waals surface area contributed by atoms with Crippen LogP contribution in [0.15, 0.2) is 23.0 Å². The average molecular weight is 250 g/mol. The molecule has 2 rings (SSSR count). The largest absolute Gasteiger partial charge is 0.481 e. The number of nitrogens with one attached hydrogen (secondary N) is 1. The number of pyridine rings is 1. The second-order valence-electron chi connectivity index (χ2n) is 3.45. The van der Waals surface area contributed by atoms with Gasteiger partial charge in [-0.2, -0.15) is 4.98 Å². The lowest BCUT2D eigenvalue weighted by Crippen LogP contribution is -2.09. The van der Waals surface area contributed by atoms with Crippen molar-refractivity contribution in [2.45, 2.75) is 6.42 Å². The molecule has 90 valence electrons. The number of hydrogen-bond acceptors (Lipinski definition) is 6. The summed E-state index contributed by atoms with van der Waals surface area (Å²) in [6, 6.07) is 3.51. The highest BCUT2D eigenvalue weighted by Crippen LogP contribution is 2.19. The monoisotopic (exact) mass is 250 g/mol. The molecule has 0 fully saturated rings. The van der Waals surface area contributed by atoms with Crippen LogP contribution in [0.1, 0.15) is 5.69 Å². The second-order valence-corrected chi connectivity index (χ2v) is 4.17. The number of nitrogens with two attached hydrogens (primary N) is 1. The molecule has 0 amide bonds. The first-order chi connectivity index (χ1) is 8.29. The zero-order valence-electron chi connectivity index (χ0n) is 9.51. The van der Waals surface area contributed by atoms with Gasteiger partial charge in [0.15, 0.2) is 5.82 Å². The molecule has 0 bridgehead atoms. The van der Waals surface area contributed by atoms with E-state index in [1.807, 2.05) is 10.9 Å². The Bertz CT molecular complexity index is 472. The average Bonchev–Trinajstić information content (AvgIpc) is 2.84. The molecule has 0 spiro atoms. The first-order valence-corrected chi connectivity index (χ1v) is 6.15. The summed E-state index contributed by atoms with van der Waals surface area (Å²) in [6.45, 7) is 0.744. The number of rotatable bonds is 5. The van der Waals surface area contributed by atoms with E-state index < -0.39 is 0 Å². The Morgan fingerprint density at radius 1 is 1.47 bits per heavy atom. The third-order valence-corrected chi connectivity index (χ3v) is 2.90. The SMILES string of the molecule is COc1ccc(N)c(NCCc2cscn2)n1. The maximum atomic E-state index is 5.81. The van der Waals surface area contributed by atoms with Gasteiger partial charge < -0.3 is 15.8 Å². The number of methoxy groups -OCH3 is 1. The van der Waals surface area contributed by atoms with E-state index in [1.54, 1.807) is 30.6 Å². The number of anilines is 2. The van der Waals surface area contributed by atoms with Gasteiger partial charge in [-0.15, -0.1) is 11.3 Å². The van der Waals surface area contributed by atoms with Crippen molar-refractivity contribution >= 4 is 22.8 Å². The van der Waals surface area contributed by atoms with E-state index in [9.17, 15) is 0 Å². The number of hydrogen-bond donors (Lipinski definition) is 2. The lowest BCUT2D eigenvalue weighted by atomic mass is 10.3. The normalized spacial score (nSPS) is 10.2. The third-order valence-electron chi connectivity index (χ3n) is 2.27. The first-order valence-electron chi connectivity index (χ1n) is 5.21. The van der Waals surface area contributed by atoms with Crippen LogP contribution in [0.4, 0.5) is 11.5 Å². The Morgan fingerprint density at radius 2 is 2.35 bits per heavy atom. The molecular formula is C11H14N4OS. The summed E-state index contributed by atoms with van der Waals surface area (Å²) < 4.78 is 5.04. The molecule has 2 heterocycles. The molecule has 6 heteroatoms. The smallest absolute Gasteiger partial charge is 0.215 e. The summed E-state index contributed by atoms with van der Waals surface area (Å²) in [7, 11) is 1.58. The van der Waals surface area contributed by atoms with E-state index >= 15 is 0 Å². The Labute approximate surface area is 104 Å². The molecule has 5 nitrogen and oxygen atoms in total. The van der Waals surface area contributed by atoms with E-state index in [0.717, 1.165) is 18.7 Å². The summed E-state index contributed by atoms with van der Waals surface area (Å²) in [5.41, 5.74) is 9.32. The van der Waals surface area contributed by atoms with Crippen molar-refractivity contribution in [3.05, 3.63) is 28.7 Å². The number of nitrogen functional groups attached to an aromatic ring is 1. The minimum absolute atomic E-state index is 0.551. The Kier molecular flexibility index (Phi) is 3.77. The van der Waals surface area contributed by atoms with E-state index in [-0.39, 0.29) is 0 Å². The summed E-state index contributed by atoms with van der Waals surface area (Å²) in [5.74, 6) is 1.20. The molecule has 2 aromatic rings. The lowest BCUT2D eigenvalue weighted by Gasteiger charge is -2.08. The minimum atomic E-state index is 0.551. The third kappa shape index (κ3) is 3.07. The highest BCUT2D eigenvalue weighted by molar-refractivity contribution is 7.07. The van der Waals surface area contributed by atoms with Crippen LogP contribution in [-0.4, -0.2) is 23.6 Å². The van der Waals surface area contributed by atoms with E-state index in [1.165, 1.54) is 0 Å². The van der Waals surface area contributed by atoms with Gasteiger partial charge in [0.05, 0.1) is 24.0 Å². The Hall–Kier alpha value is -1.82. The molecule has 0 aliphatic heterocycles. The highest BCUT2D eigenvalue weighted by Gasteiger charge is 2.03. The number of ether oxygens (including phenoxy) is 1. The zero-order chi connectivity index (χ0) is 12.1. The first kappa shape index (κ1) is 11.7. The fourth-order valence-electron chi connectivity index (χ4n) is 1.38. The number of nitrogens with zero attached hydrogens (tertiary/aromatic N) is 2. The van der Waals surface area contributed by atoms with Crippen LogP contribution in [0.2, 0.25) is 0 Å². The molecular weight excluding hydrogens is 236 g/mol. The summed E-state index contributed by atoms with van der Waals surface area (Å²) in [6.07, 6.45) is 0.849. The quantitative estimate of drug-likeness (QED) is 0.846. The Balaban J connectivity index is 1.94. The summed E-state index contributed by atoms with van der Waals surface area (Å²) in [4.78, 5) is 8.44. The Morgan fingerprint density at radius 3 is 3.06 bits per heavy atom. The fourth-order valence-corrected chi connectivity index (χ4v) is 1.97. The van der Waals surface area contributed by atoms with Crippen molar-refractivity contribution in [2.75, 3.05) is 24.7 Å². The molecule has 17 heavy (non-hydrogen) atoms. The maximum Gasteiger partial charge on any atom is 0.215 e. The predicted octanol–water partition coefficient (Wildman–Crippen LogP) is 1.78. The van der Waals surface area contributed by atoms with Crippen molar-refractivity contribution in [2.24, 2.45) is 0 Å². The highest BCUT2D eigenvalue weighted by atomic mass is 32.1. The van der Waals surface area contributed by atoms with Gasteiger partial charge in [-0.1, -0.05) is 0 Å². The van der Waals surface area contributed by atoms with Crippen LogP contribution in [0.3, 0.4) is 0 Å². The van der Waals surface area contributed by atoms with Crippen LogP contribution >= 0.6 is 11.3 Å². The van der Waals surface area contributed by atoms with Crippen molar-refractivity contribution in [1.29, 1.82) is 0 Å². The van der Waals surface area contributed by atoms with Gasteiger partial charge >= 0.3 is 0 Å². The summed E-state index contributed by atoms with van der Waals surface area (Å²) in [5, 5.41) is 5.21. The van der Waals surface area contributed by atoms with Crippen molar-refractivity contribution in [1.82, 2.24) is 9.97 Å². The van der Waals surface area contributed by atoms with Crippen LogP contribution in [0, 0.1) is 0 Å². The number of aromatic nitrogens is 2. The standard InChI is InChI=1S/C11H14N4OS/c1-16-10-3-2-9(12)11(15-10)13-5-4-8-6-17-7-14-8/h2-3,6-7H,4-5,12H2,1H3,(H,13,15). The molecule has 0 aliphatic carbocycles. The van der Waals surface area contributed by atoms with E-state index in [4.69, 9.17) is 10.5 Å². The minimum Gasteiger partial charge on any atom is -0.481 e. The molecule has 0 aromatic carbocycles. The van der Waals surface area contributed by atoms with Gasteiger partial charge in [-0.05, 0) is 6.07 Å². The molecule has 0 saturated carbocycles. The van der Waals surface area contributed by atoms with Crippen molar-refractivity contribution in [3.63, 3.8) is 0 Å². The molecule has 0 saturated heterocycles. The molecule has 0 aliphatic rings. The van der Waals surface area contributed by atoms with Gasteiger partial charge in [0.2, 0.25) is 5.88 Å². The second kappa shape index (κ2) is 5.49. The maximum absolute atomic E-state index is 5.81. The van der Waals surface area contributed by atoms with Gasteiger partial charge in [0.1, 0.15) is 0 Å². The topological polar surface area (TPSA) is 73.1 Å². The molecule has 3 N–H and O–H groups in total. The van der Waals surface area contributed by atoms with E-state index in [0.29, 0.717) is 17.4 Å². The lowest BCUT2D eigenvalue weighted by molar-refractivity contribution is 0.398. The zero-order valence-corrected chi connectivity index (χ0v) is 10.3. The van der Waals surface area contributed by atoms with Gasteiger partial charge in [0.25, 0.3) is 0 Å². The van der Waals surface area contributed by atoms with Crippen LogP contribution in [0.5, 0.6) is 5.88 Å². The van der Waals surface area contributed by atoms with Gasteiger partial charge in [-0.25, -0.2) is 4.98 Å². The molecule has 0 unspecified atom stereocenters. The van der Waals surface area contributed by atoms with Crippen molar-refractivity contribution in [3.8, 4) is 5.88 Å². The van der Waals surface area contributed by atoms with Gasteiger partial charge in [-0.3, -0.25) is 0 Å². The van der Waals surface area contributed by atoms with Crippen LogP contribution in [-0.2, 0) is 6.42 Å². The van der Waals surface area contributed by atoms with Crippen LogP contribution in [0.25, 0.3) is 0 Å². The van der Waals surface area contributed by atoms with Crippen molar-refractivity contribution < 1.29 is 4.74 Å². The van der Waals surface area contributed by atoms with E-state index in [2.05, 4.69) is 15.3 Å². The van der Waals surface area contributed by atoms with Crippen LogP contribution < -0.4 is 15.8 Å². The fraction of sp³-hybridized carbons (Fsp3) is 0.273. The molecule has 0 radical (unpaired) electrons. The van der Waals surface area contributed by atoms with Gasteiger partial charge in [0, 0.05) is 24.4 Å². The summed E-state index contributed by atoms with van der Waals surface area (Å²) >= 11 is 1.60. The molecule has 0 atom stereocenters. The predicted molar refractivity (Wildman–Crippen MR) is 69.5 cm³/mol.